The maximum Gasteiger partial charge on any atom is 0.313 e. The van der Waals surface area contributed by atoms with E-state index in [4.69, 9.17) is 0 Å². The first kappa shape index (κ1) is 17.5. The van der Waals surface area contributed by atoms with Crippen molar-refractivity contribution in [2.24, 2.45) is 5.41 Å². The number of aliphatic carboxylic acids is 1. The van der Waals surface area contributed by atoms with Crippen LogP contribution in [0.5, 0.6) is 0 Å². The monoisotopic (exact) mass is 348 g/mol. The Kier molecular flexibility index (Phi) is 4.82. The number of aliphatic hydroxyl groups is 1. The number of aromatic amines is 1. The summed E-state index contributed by atoms with van der Waals surface area (Å²) in [6.07, 6.45) is -0.496. The smallest absolute Gasteiger partial charge is 0.313 e. The van der Waals surface area contributed by atoms with Crippen molar-refractivity contribution < 1.29 is 19.4 Å². The molecule has 25 heavy (non-hydrogen) atoms. The molecule has 0 unspecified atom stereocenters. The number of carboxylic acids is 1. The summed E-state index contributed by atoms with van der Waals surface area (Å²) >= 11 is 0. The van der Waals surface area contributed by atoms with Crippen LogP contribution in [0.2, 0.25) is 0 Å². The van der Waals surface area contributed by atoms with Crippen molar-refractivity contribution in [1.29, 1.82) is 0 Å². The van der Waals surface area contributed by atoms with Gasteiger partial charge in [0.15, 0.2) is 5.82 Å². The number of likely N-dealkylation sites (tertiary alicyclic amines) is 1. The summed E-state index contributed by atoms with van der Waals surface area (Å²) in [4.78, 5) is 18.2. The SMILES string of the molecule is Cc1nc(CN2CC[C@@H](O)[C@](Cc3ccc(F)cc3)(C(=O)O)C2)n[nH]1. The second-order valence-corrected chi connectivity index (χ2v) is 6.62. The molecule has 2 atom stereocenters. The molecule has 1 saturated heterocycles. The van der Waals surface area contributed by atoms with Crippen molar-refractivity contribution >= 4 is 5.97 Å². The van der Waals surface area contributed by atoms with Crippen LogP contribution in [0.3, 0.4) is 0 Å². The molecule has 0 aliphatic carbocycles. The Morgan fingerprint density at radius 1 is 1.44 bits per heavy atom. The molecule has 1 fully saturated rings. The zero-order valence-electron chi connectivity index (χ0n) is 13.9. The van der Waals surface area contributed by atoms with Crippen molar-refractivity contribution in [2.45, 2.75) is 32.4 Å². The molecule has 1 aliphatic rings. The molecule has 0 radical (unpaired) electrons. The minimum absolute atomic E-state index is 0.132. The summed E-state index contributed by atoms with van der Waals surface area (Å²) in [7, 11) is 0. The van der Waals surface area contributed by atoms with E-state index >= 15 is 0 Å². The first-order valence-electron chi connectivity index (χ1n) is 8.15. The summed E-state index contributed by atoms with van der Waals surface area (Å²) < 4.78 is 13.1. The molecule has 0 spiro atoms. The predicted molar refractivity (Wildman–Crippen MR) is 87.2 cm³/mol. The molecule has 2 heterocycles. The summed E-state index contributed by atoms with van der Waals surface area (Å²) in [6.45, 7) is 2.95. The topological polar surface area (TPSA) is 102 Å². The number of nitrogens with zero attached hydrogens (tertiary/aromatic N) is 3. The van der Waals surface area contributed by atoms with Gasteiger partial charge in [-0.1, -0.05) is 12.1 Å². The quantitative estimate of drug-likeness (QED) is 0.749. The number of H-pyrrole nitrogens is 1. The van der Waals surface area contributed by atoms with Gasteiger partial charge >= 0.3 is 5.97 Å². The number of piperidine rings is 1. The van der Waals surface area contributed by atoms with Gasteiger partial charge in [-0.15, -0.1) is 0 Å². The first-order chi connectivity index (χ1) is 11.9. The fourth-order valence-corrected chi connectivity index (χ4v) is 3.39. The van der Waals surface area contributed by atoms with Crippen LogP contribution < -0.4 is 0 Å². The van der Waals surface area contributed by atoms with Gasteiger partial charge in [0.05, 0.1) is 12.6 Å². The van der Waals surface area contributed by atoms with Gasteiger partial charge in [0, 0.05) is 13.1 Å². The van der Waals surface area contributed by atoms with Crippen LogP contribution >= 0.6 is 0 Å². The first-order valence-corrected chi connectivity index (χ1v) is 8.15. The maximum atomic E-state index is 13.1. The van der Waals surface area contributed by atoms with Gasteiger partial charge < -0.3 is 10.2 Å². The molecule has 0 amide bonds. The lowest BCUT2D eigenvalue weighted by molar-refractivity contribution is -0.163. The molecular formula is C17H21FN4O3. The number of nitrogens with one attached hydrogen (secondary N) is 1. The minimum Gasteiger partial charge on any atom is -0.481 e. The number of hydrogen-bond acceptors (Lipinski definition) is 5. The van der Waals surface area contributed by atoms with Crippen molar-refractivity contribution in [3.63, 3.8) is 0 Å². The highest BCUT2D eigenvalue weighted by Crippen LogP contribution is 2.35. The fraction of sp³-hybridized carbons (Fsp3) is 0.471. The van der Waals surface area contributed by atoms with Gasteiger partial charge in [0.2, 0.25) is 0 Å². The third-order valence-corrected chi connectivity index (χ3v) is 4.73. The average Bonchev–Trinajstić information content (AvgIpc) is 2.97. The van der Waals surface area contributed by atoms with E-state index in [1.165, 1.54) is 12.1 Å². The standard InChI is InChI=1S/C17H21FN4O3/c1-11-19-15(21-20-11)9-22-7-6-14(23)17(10-22,16(24)25)8-12-2-4-13(18)5-3-12/h2-5,14,23H,6-10H2,1H3,(H,24,25)(H,19,20,21)/t14-,17-/m1/s1. The highest BCUT2D eigenvalue weighted by atomic mass is 19.1. The van der Waals surface area contributed by atoms with E-state index < -0.39 is 17.5 Å². The lowest BCUT2D eigenvalue weighted by Crippen LogP contribution is -2.56. The lowest BCUT2D eigenvalue weighted by atomic mass is 9.73. The Balaban J connectivity index is 1.81. The molecular weight excluding hydrogens is 327 g/mol. The summed E-state index contributed by atoms with van der Waals surface area (Å²) in [5, 5.41) is 27.2. The number of aryl methyl sites for hydroxylation is 1. The van der Waals surface area contributed by atoms with Crippen LogP contribution in [-0.2, 0) is 17.8 Å². The van der Waals surface area contributed by atoms with Gasteiger partial charge in [0.1, 0.15) is 17.1 Å². The minimum atomic E-state index is -1.35. The van der Waals surface area contributed by atoms with Crippen LogP contribution in [-0.4, -0.2) is 55.5 Å². The fourth-order valence-electron chi connectivity index (χ4n) is 3.39. The highest BCUT2D eigenvalue weighted by Gasteiger charge is 2.49. The second kappa shape index (κ2) is 6.89. The van der Waals surface area contributed by atoms with E-state index in [0.717, 1.165) is 0 Å². The highest BCUT2D eigenvalue weighted by molar-refractivity contribution is 5.76. The van der Waals surface area contributed by atoms with Crippen molar-refractivity contribution in [3.8, 4) is 0 Å². The zero-order valence-corrected chi connectivity index (χ0v) is 13.9. The number of rotatable bonds is 5. The van der Waals surface area contributed by atoms with E-state index in [-0.39, 0.29) is 18.8 Å². The molecule has 3 N–H and O–H groups in total. The normalized spacial score (nSPS) is 24.4. The Morgan fingerprint density at radius 3 is 2.76 bits per heavy atom. The number of hydrogen-bond donors (Lipinski definition) is 3. The molecule has 134 valence electrons. The number of halogens is 1. The van der Waals surface area contributed by atoms with Gasteiger partial charge in [-0.2, -0.15) is 5.10 Å². The molecule has 2 aromatic rings. The summed E-state index contributed by atoms with van der Waals surface area (Å²) in [5.41, 5.74) is -0.667. The van der Waals surface area contributed by atoms with E-state index in [1.807, 2.05) is 4.90 Å². The van der Waals surface area contributed by atoms with Crippen molar-refractivity contribution in [3.05, 3.63) is 47.3 Å². The van der Waals surface area contributed by atoms with E-state index in [1.54, 1.807) is 19.1 Å². The number of aromatic nitrogens is 3. The van der Waals surface area contributed by atoms with Crippen molar-refractivity contribution in [1.82, 2.24) is 20.1 Å². The molecule has 0 bridgehead atoms. The molecule has 0 saturated carbocycles. The average molecular weight is 348 g/mol. The van der Waals surface area contributed by atoms with E-state index in [2.05, 4.69) is 15.2 Å². The van der Waals surface area contributed by atoms with Crippen LogP contribution in [0.1, 0.15) is 23.6 Å². The number of benzene rings is 1. The maximum absolute atomic E-state index is 13.1. The van der Waals surface area contributed by atoms with Crippen LogP contribution in [0, 0.1) is 18.2 Å². The molecule has 3 rings (SSSR count). The molecule has 8 heteroatoms. The van der Waals surface area contributed by atoms with Crippen molar-refractivity contribution in [2.75, 3.05) is 13.1 Å². The van der Waals surface area contributed by atoms with Gasteiger partial charge in [-0.25, -0.2) is 9.37 Å². The van der Waals surface area contributed by atoms with E-state index in [9.17, 15) is 19.4 Å². The summed E-state index contributed by atoms with van der Waals surface area (Å²) in [6, 6.07) is 5.72. The Bertz CT molecular complexity index is 749. The Morgan fingerprint density at radius 2 is 2.16 bits per heavy atom. The molecule has 1 aromatic heterocycles. The Labute approximate surface area is 144 Å². The van der Waals surface area contributed by atoms with Gasteiger partial charge in [-0.05, 0) is 37.5 Å². The lowest BCUT2D eigenvalue weighted by Gasteiger charge is -2.43. The van der Waals surface area contributed by atoms with Gasteiger partial charge in [-0.3, -0.25) is 14.8 Å². The third-order valence-electron chi connectivity index (χ3n) is 4.73. The van der Waals surface area contributed by atoms with Crippen LogP contribution in [0.4, 0.5) is 4.39 Å². The number of carbonyl (C=O) groups is 1. The van der Waals surface area contributed by atoms with Gasteiger partial charge in [0.25, 0.3) is 0 Å². The molecule has 1 aromatic carbocycles. The molecule has 7 nitrogen and oxygen atoms in total. The Hall–Kier alpha value is -2.32. The largest absolute Gasteiger partial charge is 0.481 e. The summed E-state index contributed by atoms with van der Waals surface area (Å²) in [5.74, 6) is -0.142. The van der Waals surface area contributed by atoms with Crippen LogP contribution in [0.25, 0.3) is 0 Å². The molecule has 1 aliphatic heterocycles. The second-order valence-electron chi connectivity index (χ2n) is 6.62. The number of aliphatic hydroxyl groups excluding tert-OH is 1. The zero-order chi connectivity index (χ0) is 18.0. The predicted octanol–water partition coefficient (Wildman–Crippen LogP) is 1.13. The van der Waals surface area contributed by atoms with E-state index in [0.29, 0.717) is 36.7 Å². The van der Waals surface area contributed by atoms with Crippen LogP contribution in [0.15, 0.2) is 24.3 Å². The third kappa shape index (κ3) is 3.69. The number of carboxylic acid groups (broad SMARTS) is 1.